The van der Waals surface area contributed by atoms with Crippen LogP contribution >= 0.6 is 0 Å². The van der Waals surface area contributed by atoms with Crippen LogP contribution in [0.25, 0.3) is 0 Å². The van der Waals surface area contributed by atoms with Gasteiger partial charge in [-0.25, -0.2) is 4.98 Å². The van der Waals surface area contributed by atoms with Crippen molar-refractivity contribution in [2.24, 2.45) is 5.41 Å². The minimum absolute atomic E-state index is 0.150. The van der Waals surface area contributed by atoms with E-state index in [0.29, 0.717) is 23.5 Å². The maximum atomic E-state index is 11.8. The van der Waals surface area contributed by atoms with Gasteiger partial charge in [0.1, 0.15) is 11.4 Å². The third kappa shape index (κ3) is 3.10. The fourth-order valence-electron chi connectivity index (χ4n) is 2.81. The third-order valence-electron chi connectivity index (χ3n) is 4.32. The average molecular weight is 280 g/mol. The molecule has 1 aliphatic rings. The molecule has 0 bridgehead atoms. The van der Waals surface area contributed by atoms with Gasteiger partial charge in [-0.05, 0) is 31.1 Å². The molecule has 0 atom stereocenters. The van der Waals surface area contributed by atoms with Crippen molar-refractivity contribution in [2.45, 2.75) is 51.7 Å². The number of rotatable bonds is 4. The lowest BCUT2D eigenvalue weighted by molar-refractivity contribution is -0.0733. The molecule has 1 aromatic rings. The van der Waals surface area contributed by atoms with E-state index in [1.54, 1.807) is 14.2 Å². The number of nitrogens with one attached hydrogen (secondary N) is 1. The second-order valence-corrected chi connectivity index (χ2v) is 6.38. The first-order chi connectivity index (χ1) is 9.41. The molecule has 5 nitrogen and oxygen atoms in total. The largest absolute Gasteiger partial charge is 0.378 e. The molecule has 0 amide bonds. The van der Waals surface area contributed by atoms with Crippen molar-refractivity contribution in [1.29, 1.82) is 0 Å². The zero-order valence-electron chi connectivity index (χ0n) is 12.8. The molecule has 1 N–H and O–H groups in total. The van der Waals surface area contributed by atoms with Crippen molar-refractivity contribution < 1.29 is 9.47 Å². The second-order valence-electron chi connectivity index (χ2n) is 6.38. The Morgan fingerprint density at radius 1 is 1.25 bits per heavy atom. The number of hydrogen-bond acceptors (Lipinski definition) is 4. The molecule has 1 aromatic heterocycles. The summed E-state index contributed by atoms with van der Waals surface area (Å²) in [5.74, 6) is 0.634. The van der Waals surface area contributed by atoms with Gasteiger partial charge in [0.05, 0.1) is 12.3 Å². The SMILES string of the molecule is COCc1cc(=O)[nH]c(C2(OC)CCC(C)(C)CC2)n1. The van der Waals surface area contributed by atoms with E-state index in [9.17, 15) is 4.79 Å². The molecule has 0 aromatic carbocycles. The summed E-state index contributed by atoms with van der Waals surface area (Å²) in [5.41, 5.74) is 0.348. The number of ether oxygens (including phenoxy) is 2. The fraction of sp³-hybridized carbons (Fsp3) is 0.733. The summed E-state index contributed by atoms with van der Waals surface area (Å²) in [6.45, 7) is 4.87. The number of H-pyrrole nitrogens is 1. The average Bonchev–Trinajstić information content (AvgIpc) is 2.39. The molecular formula is C15H24N2O3. The lowest BCUT2D eigenvalue weighted by atomic mass is 9.70. The lowest BCUT2D eigenvalue weighted by Gasteiger charge is -2.41. The summed E-state index contributed by atoms with van der Waals surface area (Å²) in [5, 5.41) is 0. The second kappa shape index (κ2) is 5.66. The molecule has 2 rings (SSSR count). The maximum absolute atomic E-state index is 11.8. The first kappa shape index (κ1) is 15.2. The summed E-state index contributed by atoms with van der Waals surface area (Å²) in [7, 11) is 3.29. The Labute approximate surface area is 119 Å². The van der Waals surface area contributed by atoms with Gasteiger partial charge in [-0.1, -0.05) is 13.8 Å². The van der Waals surface area contributed by atoms with Gasteiger partial charge in [0, 0.05) is 20.3 Å². The highest BCUT2D eigenvalue weighted by Gasteiger charge is 2.41. The van der Waals surface area contributed by atoms with Gasteiger partial charge in [0.2, 0.25) is 0 Å². The van der Waals surface area contributed by atoms with Crippen LogP contribution in [0.1, 0.15) is 51.0 Å². The van der Waals surface area contributed by atoms with Crippen molar-refractivity contribution in [3.63, 3.8) is 0 Å². The van der Waals surface area contributed by atoms with E-state index in [2.05, 4.69) is 23.8 Å². The number of hydrogen-bond donors (Lipinski definition) is 1. The first-order valence-corrected chi connectivity index (χ1v) is 7.06. The molecule has 0 unspecified atom stereocenters. The van der Waals surface area contributed by atoms with E-state index in [4.69, 9.17) is 9.47 Å². The third-order valence-corrected chi connectivity index (χ3v) is 4.32. The van der Waals surface area contributed by atoms with Crippen molar-refractivity contribution >= 4 is 0 Å². The first-order valence-electron chi connectivity index (χ1n) is 7.06. The van der Waals surface area contributed by atoms with Gasteiger partial charge >= 0.3 is 0 Å². The van der Waals surface area contributed by atoms with Gasteiger partial charge in [0.25, 0.3) is 5.56 Å². The molecule has 1 aliphatic carbocycles. The number of nitrogens with zero attached hydrogens (tertiary/aromatic N) is 1. The van der Waals surface area contributed by atoms with Crippen LogP contribution in [0.2, 0.25) is 0 Å². The van der Waals surface area contributed by atoms with Crippen LogP contribution in [0.4, 0.5) is 0 Å². The van der Waals surface area contributed by atoms with E-state index in [1.807, 2.05) is 0 Å². The summed E-state index contributed by atoms with van der Waals surface area (Å²) >= 11 is 0. The molecule has 20 heavy (non-hydrogen) atoms. The Hall–Kier alpha value is -1.20. The number of aromatic nitrogens is 2. The molecule has 0 saturated heterocycles. The van der Waals surface area contributed by atoms with Crippen molar-refractivity contribution in [3.05, 3.63) is 27.9 Å². The van der Waals surface area contributed by atoms with E-state index >= 15 is 0 Å². The Morgan fingerprint density at radius 3 is 2.45 bits per heavy atom. The molecule has 1 fully saturated rings. The standard InChI is InChI=1S/C15H24N2O3/c1-14(2)5-7-15(20-4,8-6-14)13-16-11(10-19-3)9-12(18)17-13/h9H,5-8,10H2,1-4H3,(H,16,17,18). The summed E-state index contributed by atoms with van der Waals surface area (Å²) in [6, 6.07) is 1.48. The molecule has 0 aliphatic heterocycles. The van der Waals surface area contributed by atoms with Gasteiger partial charge in [0.15, 0.2) is 0 Å². The number of aromatic amines is 1. The van der Waals surface area contributed by atoms with Crippen LogP contribution in [0.15, 0.2) is 10.9 Å². The van der Waals surface area contributed by atoms with Crippen LogP contribution in [0.5, 0.6) is 0 Å². The molecule has 112 valence electrons. The Bertz CT molecular complexity index is 512. The Kier molecular flexibility index (Phi) is 4.30. The monoisotopic (exact) mass is 280 g/mol. The van der Waals surface area contributed by atoms with Crippen molar-refractivity contribution in [1.82, 2.24) is 9.97 Å². The number of methoxy groups -OCH3 is 2. The van der Waals surface area contributed by atoms with Crippen LogP contribution in [0.3, 0.4) is 0 Å². The summed E-state index contributed by atoms with van der Waals surface area (Å²) < 4.78 is 10.8. The van der Waals surface area contributed by atoms with Crippen LogP contribution in [-0.4, -0.2) is 24.2 Å². The highest BCUT2D eigenvalue weighted by Crippen LogP contribution is 2.45. The highest BCUT2D eigenvalue weighted by atomic mass is 16.5. The molecule has 0 radical (unpaired) electrons. The van der Waals surface area contributed by atoms with Crippen LogP contribution < -0.4 is 5.56 Å². The molecule has 0 spiro atoms. The van der Waals surface area contributed by atoms with Crippen molar-refractivity contribution in [3.8, 4) is 0 Å². The normalized spacial score (nSPS) is 20.8. The molecule has 5 heteroatoms. The van der Waals surface area contributed by atoms with Gasteiger partial charge in [-0.15, -0.1) is 0 Å². The quantitative estimate of drug-likeness (QED) is 0.919. The molecule has 1 saturated carbocycles. The molecular weight excluding hydrogens is 256 g/mol. The predicted molar refractivity (Wildman–Crippen MR) is 76.5 cm³/mol. The van der Waals surface area contributed by atoms with E-state index in [-0.39, 0.29) is 5.56 Å². The van der Waals surface area contributed by atoms with Gasteiger partial charge < -0.3 is 14.5 Å². The van der Waals surface area contributed by atoms with E-state index in [1.165, 1.54) is 6.07 Å². The minimum Gasteiger partial charge on any atom is -0.378 e. The summed E-state index contributed by atoms with van der Waals surface area (Å²) in [4.78, 5) is 19.2. The Balaban J connectivity index is 2.34. The van der Waals surface area contributed by atoms with E-state index in [0.717, 1.165) is 25.7 Å². The predicted octanol–water partition coefficient (Wildman–Crippen LogP) is 2.36. The van der Waals surface area contributed by atoms with E-state index < -0.39 is 5.60 Å². The smallest absolute Gasteiger partial charge is 0.251 e. The van der Waals surface area contributed by atoms with Crippen LogP contribution in [0, 0.1) is 5.41 Å². The lowest BCUT2D eigenvalue weighted by Crippen LogP contribution is -2.39. The minimum atomic E-state index is -0.474. The van der Waals surface area contributed by atoms with Gasteiger partial charge in [-0.2, -0.15) is 0 Å². The van der Waals surface area contributed by atoms with Crippen molar-refractivity contribution in [2.75, 3.05) is 14.2 Å². The maximum Gasteiger partial charge on any atom is 0.251 e. The topological polar surface area (TPSA) is 64.2 Å². The Morgan fingerprint density at radius 2 is 1.90 bits per heavy atom. The summed E-state index contributed by atoms with van der Waals surface area (Å²) in [6.07, 6.45) is 3.85. The van der Waals surface area contributed by atoms with Crippen LogP contribution in [-0.2, 0) is 21.7 Å². The fourth-order valence-corrected chi connectivity index (χ4v) is 2.81. The highest BCUT2D eigenvalue weighted by molar-refractivity contribution is 5.10. The zero-order valence-corrected chi connectivity index (χ0v) is 12.8. The van der Waals surface area contributed by atoms with Gasteiger partial charge in [-0.3, -0.25) is 4.79 Å². The zero-order chi connectivity index (χ0) is 14.8. The molecule has 1 heterocycles.